The molecular formula is C13H18FNO2. The molecule has 0 saturated heterocycles. The van der Waals surface area contributed by atoms with E-state index in [0.29, 0.717) is 11.3 Å². The predicted molar refractivity (Wildman–Crippen MR) is 64.5 cm³/mol. The Morgan fingerprint density at radius 2 is 2.06 bits per heavy atom. The highest BCUT2D eigenvalue weighted by atomic mass is 19.1. The fourth-order valence-electron chi connectivity index (χ4n) is 1.27. The van der Waals surface area contributed by atoms with Crippen LogP contribution in [0.25, 0.3) is 0 Å². The summed E-state index contributed by atoms with van der Waals surface area (Å²) < 4.78 is 18.4. The van der Waals surface area contributed by atoms with Crippen molar-refractivity contribution in [3.63, 3.8) is 0 Å². The molecule has 1 rings (SSSR count). The van der Waals surface area contributed by atoms with Crippen molar-refractivity contribution in [2.75, 3.05) is 6.61 Å². The number of rotatable bonds is 3. The van der Waals surface area contributed by atoms with E-state index in [2.05, 4.69) is 5.32 Å². The standard InChI is InChI=1S/C13H18FNO2/c1-9-5-6-10(7-11(9)14)17-8-12(16)15-13(2,3)4/h5-7H,8H2,1-4H3,(H,15,16). The van der Waals surface area contributed by atoms with Crippen LogP contribution in [0.4, 0.5) is 4.39 Å². The summed E-state index contributed by atoms with van der Waals surface area (Å²) in [6.45, 7) is 7.22. The predicted octanol–water partition coefficient (Wildman–Crippen LogP) is 2.43. The summed E-state index contributed by atoms with van der Waals surface area (Å²) in [7, 11) is 0. The second-order valence-electron chi connectivity index (χ2n) is 5.00. The second kappa shape index (κ2) is 5.17. The molecule has 0 spiro atoms. The van der Waals surface area contributed by atoms with Gasteiger partial charge in [-0.3, -0.25) is 4.79 Å². The van der Waals surface area contributed by atoms with Crippen LogP contribution in [0, 0.1) is 12.7 Å². The van der Waals surface area contributed by atoms with Crippen molar-refractivity contribution in [1.29, 1.82) is 0 Å². The SMILES string of the molecule is Cc1ccc(OCC(=O)NC(C)(C)C)cc1F. The van der Waals surface area contributed by atoms with E-state index in [1.807, 2.05) is 20.8 Å². The van der Waals surface area contributed by atoms with E-state index in [0.717, 1.165) is 0 Å². The van der Waals surface area contributed by atoms with Gasteiger partial charge in [0.1, 0.15) is 11.6 Å². The van der Waals surface area contributed by atoms with Crippen molar-refractivity contribution >= 4 is 5.91 Å². The first kappa shape index (κ1) is 13.5. The van der Waals surface area contributed by atoms with E-state index in [1.165, 1.54) is 6.07 Å². The number of carbonyl (C=O) groups excluding carboxylic acids is 1. The van der Waals surface area contributed by atoms with Crippen molar-refractivity contribution in [3.05, 3.63) is 29.6 Å². The molecule has 0 saturated carbocycles. The molecule has 0 aromatic heterocycles. The molecule has 0 heterocycles. The molecule has 1 aromatic carbocycles. The van der Waals surface area contributed by atoms with E-state index in [1.54, 1.807) is 19.1 Å². The van der Waals surface area contributed by atoms with Crippen molar-refractivity contribution in [2.24, 2.45) is 0 Å². The Morgan fingerprint density at radius 3 is 2.59 bits per heavy atom. The van der Waals surface area contributed by atoms with Gasteiger partial charge in [0.2, 0.25) is 0 Å². The molecule has 0 bridgehead atoms. The Hall–Kier alpha value is -1.58. The minimum absolute atomic E-state index is 0.111. The molecule has 94 valence electrons. The Kier molecular flexibility index (Phi) is 4.10. The maximum Gasteiger partial charge on any atom is 0.258 e. The highest BCUT2D eigenvalue weighted by Crippen LogP contribution is 2.15. The number of carbonyl (C=O) groups is 1. The smallest absolute Gasteiger partial charge is 0.258 e. The van der Waals surface area contributed by atoms with Gasteiger partial charge in [-0.05, 0) is 39.3 Å². The molecule has 0 aliphatic rings. The summed E-state index contributed by atoms with van der Waals surface area (Å²) in [6.07, 6.45) is 0. The van der Waals surface area contributed by atoms with Crippen LogP contribution >= 0.6 is 0 Å². The molecule has 1 aromatic rings. The summed E-state index contributed by atoms with van der Waals surface area (Å²) in [5.74, 6) is -0.200. The zero-order chi connectivity index (χ0) is 13.1. The Morgan fingerprint density at radius 1 is 1.41 bits per heavy atom. The van der Waals surface area contributed by atoms with Crippen LogP contribution < -0.4 is 10.1 Å². The van der Waals surface area contributed by atoms with Crippen LogP contribution in [0.5, 0.6) is 5.75 Å². The summed E-state index contributed by atoms with van der Waals surface area (Å²) in [6, 6.07) is 4.54. The van der Waals surface area contributed by atoms with Gasteiger partial charge in [0, 0.05) is 11.6 Å². The van der Waals surface area contributed by atoms with Gasteiger partial charge in [-0.15, -0.1) is 0 Å². The van der Waals surface area contributed by atoms with Crippen molar-refractivity contribution < 1.29 is 13.9 Å². The zero-order valence-corrected chi connectivity index (χ0v) is 10.6. The van der Waals surface area contributed by atoms with Gasteiger partial charge in [-0.25, -0.2) is 4.39 Å². The van der Waals surface area contributed by atoms with Gasteiger partial charge in [0.15, 0.2) is 6.61 Å². The van der Waals surface area contributed by atoms with E-state index >= 15 is 0 Å². The molecule has 0 atom stereocenters. The molecule has 1 N–H and O–H groups in total. The second-order valence-corrected chi connectivity index (χ2v) is 5.00. The first-order valence-electron chi connectivity index (χ1n) is 5.48. The summed E-state index contributed by atoms with van der Waals surface area (Å²) in [4.78, 5) is 11.5. The first-order chi connectivity index (χ1) is 7.78. The van der Waals surface area contributed by atoms with Crippen LogP contribution in [0.2, 0.25) is 0 Å². The van der Waals surface area contributed by atoms with Gasteiger partial charge in [0.05, 0.1) is 0 Å². The van der Waals surface area contributed by atoms with E-state index in [-0.39, 0.29) is 23.9 Å². The Labute approximate surface area is 101 Å². The lowest BCUT2D eigenvalue weighted by atomic mass is 10.1. The molecule has 1 amide bonds. The molecule has 3 nitrogen and oxygen atoms in total. The van der Waals surface area contributed by atoms with Crippen molar-refractivity contribution in [1.82, 2.24) is 5.32 Å². The van der Waals surface area contributed by atoms with Gasteiger partial charge in [-0.1, -0.05) is 6.07 Å². The third-order valence-corrected chi connectivity index (χ3v) is 2.03. The summed E-state index contributed by atoms with van der Waals surface area (Å²) in [5, 5.41) is 2.76. The minimum atomic E-state index is -0.335. The monoisotopic (exact) mass is 239 g/mol. The third-order valence-electron chi connectivity index (χ3n) is 2.03. The lowest BCUT2D eigenvalue weighted by Crippen LogP contribution is -2.43. The molecule has 0 radical (unpaired) electrons. The van der Waals surface area contributed by atoms with Crippen molar-refractivity contribution in [2.45, 2.75) is 33.2 Å². The average Bonchev–Trinajstić information content (AvgIpc) is 2.17. The lowest BCUT2D eigenvalue weighted by Gasteiger charge is -2.20. The number of hydrogen-bond acceptors (Lipinski definition) is 2. The van der Waals surface area contributed by atoms with Crippen LogP contribution in [0.15, 0.2) is 18.2 Å². The molecule has 0 fully saturated rings. The zero-order valence-electron chi connectivity index (χ0n) is 10.6. The van der Waals surface area contributed by atoms with E-state index < -0.39 is 0 Å². The number of ether oxygens (including phenoxy) is 1. The highest BCUT2D eigenvalue weighted by Gasteiger charge is 2.14. The van der Waals surface area contributed by atoms with Crippen LogP contribution in [-0.2, 0) is 4.79 Å². The number of nitrogens with one attached hydrogen (secondary N) is 1. The van der Waals surface area contributed by atoms with Gasteiger partial charge in [0.25, 0.3) is 5.91 Å². The average molecular weight is 239 g/mol. The summed E-state index contributed by atoms with van der Waals surface area (Å²) >= 11 is 0. The Bertz CT molecular complexity index is 410. The van der Waals surface area contributed by atoms with Gasteiger partial charge >= 0.3 is 0 Å². The van der Waals surface area contributed by atoms with E-state index in [9.17, 15) is 9.18 Å². The summed E-state index contributed by atoms with van der Waals surface area (Å²) in [5.41, 5.74) is 0.260. The molecule has 0 unspecified atom stereocenters. The van der Waals surface area contributed by atoms with E-state index in [4.69, 9.17) is 4.74 Å². The topological polar surface area (TPSA) is 38.3 Å². The van der Waals surface area contributed by atoms with Gasteiger partial charge in [-0.2, -0.15) is 0 Å². The first-order valence-corrected chi connectivity index (χ1v) is 5.48. The number of benzene rings is 1. The normalized spacial score (nSPS) is 11.1. The minimum Gasteiger partial charge on any atom is -0.484 e. The van der Waals surface area contributed by atoms with Gasteiger partial charge < -0.3 is 10.1 Å². The van der Waals surface area contributed by atoms with Crippen molar-refractivity contribution in [3.8, 4) is 5.75 Å². The number of halogens is 1. The lowest BCUT2D eigenvalue weighted by molar-refractivity contribution is -0.124. The molecular weight excluding hydrogens is 221 g/mol. The fourth-order valence-corrected chi connectivity index (χ4v) is 1.27. The number of aryl methyl sites for hydroxylation is 1. The Balaban J connectivity index is 2.50. The quantitative estimate of drug-likeness (QED) is 0.879. The molecule has 0 aliphatic carbocycles. The third kappa shape index (κ3) is 4.85. The maximum absolute atomic E-state index is 13.2. The largest absolute Gasteiger partial charge is 0.484 e. The number of amides is 1. The highest BCUT2D eigenvalue weighted by molar-refractivity contribution is 5.78. The maximum atomic E-state index is 13.2. The van der Waals surface area contributed by atoms with Crippen LogP contribution in [0.1, 0.15) is 26.3 Å². The molecule has 4 heteroatoms. The fraction of sp³-hybridized carbons (Fsp3) is 0.462. The number of hydrogen-bond donors (Lipinski definition) is 1. The molecule has 17 heavy (non-hydrogen) atoms. The van der Waals surface area contributed by atoms with Crippen LogP contribution in [0.3, 0.4) is 0 Å². The molecule has 0 aliphatic heterocycles. The van der Waals surface area contributed by atoms with Crippen LogP contribution in [-0.4, -0.2) is 18.1 Å².